The topological polar surface area (TPSA) is 32.3 Å². The lowest BCUT2D eigenvalue weighted by Crippen LogP contribution is -2.55. The molecular formula is C15H19ClN4. The molecule has 1 aromatic heterocycles. The van der Waals surface area contributed by atoms with Crippen LogP contribution >= 0.6 is 11.6 Å². The highest BCUT2D eigenvalue weighted by atomic mass is 35.5. The van der Waals surface area contributed by atoms with Gasteiger partial charge in [0.1, 0.15) is 0 Å². The summed E-state index contributed by atoms with van der Waals surface area (Å²) < 4.78 is 0. The van der Waals surface area contributed by atoms with Crippen LogP contribution in [0.5, 0.6) is 0 Å². The van der Waals surface area contributed by atoms with Crippen LogP contribution in [0.1, 0.15) is 13.8 Å². The molecule has 1 saturated heterocycles. The summed E-state index contributed by atoms with van der Waals surface area (Å²) in [6.07, 6.45) is 0. The van der Waals surface area contributed by atoms with Gasteiger partial charge in [-0.3, -0.25) is 4.90 Å². The van der Waals surface area contributed by atoms with Crippen LogP contribution in [-0.4, -0.2) is 47.3 Å². The molecule has 0 bridgehead atoms. The van der Waals surface area contributed by atoms with E-state index in [9.17, 15) is 0 Å². The monoisotopic (exact) mass is 290 g/mol. The van der Waals surface area contributed by atoms with Gasteiger partial charge in [-0.2, -0.15) is 0 Å². The van der Waals surface area contributed by atoms with Gasteiger partial charge < -0.3 is 4.90 Å². The second-order valence-corrected chi connectivity index (χ2v) is 5.99. The molecule has 2 unspecified atom stereocenters. The van der Waals surface area contributed by atoms with Gasteiger partial charge >= 0.3 is 0 Å². The zero-order valence-corrected chi connectivity index (χ0v) is 12.8. The number of piperazine rings is 1. The number of rotatable bonds is 1. The second kappa shape index (κ2) is 5.19. The maximum atomic E-state index is 6.15. The van der Waals surface area contributed by atoms with E-state index in [2.05, 4.69) is 47.0 Å². The van der Waals surface area contributed by atoms with Gasteiger partial charge in [0, 0.05) is 35.9 Å². The first-order valence-corrected chi connectivity index (χ1v) is 7.33. The molecule has 1 fully saturated rings. The molecule has 2 atom stereocenters. The highest BCUT2D eigenvalue weighted by molar-refractivity contribution is 6.34. The molecule has 5 heteroatoms. The van der Waals surface area contributed by atoms with E-state index in [-0.39, 0.29) is 0 Å². The smallest absolute Gasteiger partial charge is 0.159 e. The summed E-state index contributed by atoms with van der Waals surface area (Å²) in [5.74, 6) is 0.941. The Kier molecular flexibility index (Phi) is 3.52. The number of hydrogen-bond donors (Lipinski definition) is 0. The maximum Gasteiger partial charge on any atom is 0.159 e. The Balaban J connectivity index is 2.05. The quantitative estimate of drug-likeness (QED) is 0.808. The first kappa shape index (κ1) is 13.6. The molecule has 0 N–H and O–H groups in total. The van der Waals surface area contributed by atoms with E-state index in [0.29, 0.717) is 17.2 Å². The first-order valence-electron chi connectivity index (χ1n) is 6.95. The lowest BCUT2D eigenvalue weighted by Gasteiger charge is -2.43. The lowest BCUT2D eigenvalue weighted by atomic mass is 10.1. The normalized spacial score (nSPS) is 24.3. The van der Waals surface area contributed by atoms with Crippen LogP contribution in [0.4, 0.5) is 5.82 Å². The first-order chi connectivity index (χ1) is 9.58. The van der Waals surface area contributed by atoms with Crippen molar-refractivity contribution in [3.8, 4) is 0 Å². The molecule has 1 aromatic carbocycles. The van der Waals surface area contributed by atoms with Crippen molar-refractivity contribution in [2.45, 2.75) is 25.9 Å². The Morgan fingerprint density at radius 1 is 1.05 bits per heavy atom. The molecule has 4 nitrogen and oxygen atoms in total. The fourth-order valence-electron chi connectivity index (χ4n) is 2.87. The second-order valence-electron chi connectivity index (χ2n) is 5.63. The summed E-state index contributed by atoms with van der Waals surface area (Å²) >= 11 is 6.15. The summed E-state index contributed by atoms with van der Waals surface area (Å²) in [7, 11) is 2.18. The summed E-state index contributed by atoms with van der Waals surface area (Å²) in [6, 6.07) is 9.06. The van der Waals surface area contributed by atoms with Gasteiger partial charge in [0.15, 0.2) is 11.0 Å². The molecule has 106 valence electrons. The third-order valence-electron chi connectivity index (χ3n) is 4.28. The SMILES string of the molecule is CC1CN(c2nnc(Cl)c3ccccc23)CC(C)N1C. The van der Waals surface area contributed by atoms with Gasteiger partial charge in [0.2, 0.25) is 0 Å². The van der Waals surface area contributed by atoms with Crippen molar-refractivity contribution in [3.63, 3.8) is 0 Å². The van der Waals surface area contributed by atoms with Crippen LogP contribution in [0, 0.1) is 0 Å². The molecule has 0 aliphatic carbocycles. The van der Waals surface area contributed by atoms with Crippen LogP contribution in [0.2, 0.25) is 5.15 Å². The number of hydrogen-bond acceptors (Lipinski definition) is 4. The van der Waals surface area contributed by atoms with Gasteiger partial charge in [0.05, 0.1) is 0 Å². The van der Waals surface area contributed by atoms with Crippen LogP contribution < -0.4 is 4.90 Å². The third-order valence-corrected chi connectivity index (χ3v) is 4.56. The largest absolute Gasteiger partial charge is 0.351 e. The average Bonchev–Trinajstić information content (AvgIpc) is 2.45. The van der Waals surface area contributed by atoms with E-state index in [1.165, 1.54) is 0 Å². The summed E-state index contributed by atoms with van der Waals surface area (Å²) in [4.78, 5) is 4.73. The molecule has 2 heterocycles. The van der Waals surface area contributed by atoms with Crippen molar-refractivity contribution in [2.75, 3.05) is 25.0 Å². The molecule has 1 aliphatic rings. The Morgan fingerprint density at radius 3 is 2.30 bits per heavy atom. The minimum atomic E-state index is 0.472. The summed E-state index contributed by atoms with van der Waals surface area (Å²) in [6.45, 7) is 6.41. The van der Waals surface area contributed by atoms with Crippen LogP contribution in [-0.2, 0) is 0 Å². The molecule has 1 aliphatic heterocycles. The number of halogens is 1. The van der Waals surface area contributed by atoms with E-state index in [1.807, 2.05) is 18.2 Å². The predicted molar refractivity (Wildman–Crippen MR) is 83.4 cm³/mol. The van der Waals surface area contributed by atoms with E-state index >= 15 is 0 Å². The van der Waals surface area contributed by atoms with Crippen LogP contribution in [0.15, 0.2) is 24.3 Å². The Labute approximate surface area is 124 Å². The molecule has 3 rings (SSSR count). The third kappa shape index (κ3) is 2.23. The van der Waals surface area contributed by atoms with E-state index in [1.54, 1.807) is 0 Å². The fraction of sp³-hybridized carbons (Fsp3) is 0.467. The van der Waals surface area contributed by atoms with Gasteiger partial charge in [-0.25, -0.2) is 0 Å². The Bertz CT molecular complexity index is 618. The predicted octanol–water partition coefficient (Wildman–Crippen LogP) is 2.81. The van der Waals surface area contributed by atoms with Gasteiger partial charge in [-0.1, -0.05) is 35.9 Å². The Morgan fingerprint density at radius 2 is 1.65 bits per heavy atom. The molecule has 0 saturated carbocycles. The van der Waals surface area contributed by atoms with Crippen molar-refractivity contribution in [1.29, 1.82) is 0 Å². The van der Waals surface area contributed by atoms with Crippen LogP contribution in [0.25, 0.3) is 10.8 Å². The standard InChI is InChI=1S/C15H19ClN4/c1-10-8-20(9-11(2)19(10)3)15-13-7-5-4-6-12(13)14(16)17-18-15/h4-7,10-11H,8-9H2,1-3H3. The summed E-state index contributed by atoms with van der Waals surface area (Å²) in [5, 5.41) is 11.0. The van der Waals surface area contributed by atoms with Gasteiger partial charge in [0.25, 0.3) is 0 Å². The van der Waals surface area contributed by atoms with Crippen molar-refractivity contribution < 1.29 is 0 Å². The van der Waals surface area contributed by atoms with Gasteiger partial charge in [-0.05, 0) is 20.9 Å². The minimum Gasteiger partial charge on any atom is -0.351 e. The van der Waals surface area contributed by atoms with Crippen molar-refractivity contribution in [1.82, 2.24) is 15.1 Å². The number of anilines is 1. The number of benzene rings is 1. The number of likely N-dealkylation sites (N-methyl/N-ethyl adjacent to an activating group) is 1. The zero-order chi connectivity index (χ0) is 14.3. The molecule has 20 heavy (non-hydrogen) atoms. The van der Waals surface area contributed by atoms with E-state index in [0.717, 1.165) is 29.7 Å². The minimum absolute atomic E-state index is 0.472. The highest BCUT2D eigenvalue weighted by Crippen LogP contribution is 2.30. The van der Waals surface area contributed by atoms with E-state index in [4.69, 9.17) is 11.6 Å². The molecular weight excluding hydrogens is 272 g/mol. The van der Waals surface area contributed by atoms with Gasteiger partial charge in [-0.15, -0.1) is 10.2 Å². The van der Waals surface area contributed by atoms with Crippen molar-refractivity contribution >= 4 is 28.2 Å². The number of fused-ring (bicyclic) bond motifs is 1. The number of nitrogens with zero attached hydrogens (tertiary/aromatic N) is 4. The van der Waals surface area contributed by atoms with Crippen molar-refractivity contribution in [3.05, 3.63) is 29.4 Å². The molecule has 2 aromatic rings. The summed E-state index contributed by atoms with van der Waals surface area (Å²) in [5.41, 5.74) is 0. The zero-order valence-electron chi connectivity index (χ0n) is 12.0. The number of aromatic nitrogens is 2. The van der Waals surface area contributed by atoms with E-state index < -0.39 is 0 Å². The molecule has 0 radical (unpaired) electrons. The lowest BCUT2D eigenvalue weighted by molar-refractivity contribution is 0.169. The maximum absolute atomic E-state index is 6.15. The Hall–Kier alpha value is -1.39. The average molecular weight is 291 g/mol. The van der Waals surface area contributed by atoms with Crippen LogP contribution in [0.3, 0.4) is 0 Å². The van der Waals surface area contributed by atoms with Crippen molar-refractivity contribution in [2.24, 2.45) is 0 Å². The highest BCUT2D eigenvalue weighted by Gasteiger charge is 2.28. The molecule has 0 spiro atoms. The molecule has 0 amide bonds. The fourth-order valence-corrected chi connectivity index (χ4v) is 3.07.